The van der Waals surface area contributed by atoms with Crippen molar-refractivity contribution in [3.63, 3.8) is 0 Å². The standard InChI is InChI=1S/C22H25O10S2.Na/c1-5-8-13-10-7-11-14(9-6-2)17(13)18-15(21(23)31-3)12-16(22(24)32-4)19(33(25,26)27)20(18)34(28,29)30;/h7,10-11H,5-6,8-9H2,1-4H3,(H,25,26,27)(H,28,29,30);/q-1;+1. The molecule has 10 nitrogen and oxygen atoms in total. The summed E-state index contributed by atoms with van der Waals surface area (Å²) in [5.41, 5.74) is -0.984. The van der Waals surface area contributed by atoms with Gasteiger partial charge in [-0.05, 0) is 40.7 Å². The number of methoxy groups -OCH3 is 2. The van der Waals surface area contributed by atoms with Gasteiger partial charge in [0.15, 0.2) is 0 Å². The van der Waals surface area contributed by atoms with Crippen LogP contribution in [0.25, 0.3) is 11.1 Å². The van der Waals surface area contributed by atoms with Crippen molar-refractivity contribution in [2.75, 3.05) is 14.2 Å². The topological polar surface area (TPSA) is 161 Å². The van der Waals surface area contributed by atoms with Crippen LogP contribution in [0.5, 0.6) is 0 Å². The van der Waals surface area contributed by atoms with Gasteiger partial charge in [-0.2, -0.15) is 8.42 Å². The maximum atomic E-state index is 12.8. The molecule has 2 aromatic rings. The first kappa shape index (κ1) is 31.2. The number of aryl methyl sites for hydroxylation is 2. The van der Waals surface area contributed by atoms with Crippen LogP contribution in [0.1, 0.15) is 58.5 Å². The largest absolute Gasteiger partial charge is 1.00 e. The average molecular weight is 537 g/mol. The second kappa shape index (κ2) is 12.4. The summed E-state index contributed by atoms with van der Waals surface area (Å²) < 4.78 is 79.2. The van der Waals surface area contributed by atoms with E-state index >= 15 is 0 Å². The van der Waals surface area contributed by atoms with Crippen LogP contribution in [-0.4, -0.2) is 52.1 Å². The van der Waals surface area contributed by atoms with Crippen molar-refractivity contribution in [3.8, 4) is 11.1 Å². The molecule has 186 valence electrons. The van der Waals surface area contributed by atoms with Gasteiger partial charge in [0.1, 0.15) is 0 Å². The maximum Gasteiger partial charge on any atom is 1.00 e. The van der Waals surface area contributed by atoms with Crippen LogP contribution in [0.3, 0.4) is 0 Å². The summed E-state index contributed by atoms with van der Waals surface area (Å²) in [7, 11) is -9.05. The van der Waals surface area contributed by atoms with Gasteiger partial charge in [-0.1, -0.05) is 50.5 Å². The van der Waals surface area contributed by atoms with Gasteiger partial charge in [-0.15, -0.1) is 6.07 Å². The summed E-state index contributed by atoms with van der Waals surface area (Å²) in [4.78, 5) is 22.3. The van der Waals surface area contributed by atoms with E-state index in [4.69, 9.17) is 4.74 Å². The summed E-state index contributed by atoms with van der Waals surface area (Å²) in [6.45, 7) is 3.72. The van der Waals surface area contributed by atoms with E-state index in [1.54, 1.807) is 18.2 Å². The van der Waals surface area contributed by atoms with Gasteiger partial charge in [0.2, 0.25) is 0 Å². The number of rotatable bonds is 9. The minimum atomic E-state index is -5.46. The molecule has 0 radical (unpaired) electrons. The average Bonchev–Trinajstić information content (AvgIpc) is 2.76. The van der Waals surface area contributed by atoms with E-state index < -0.39 is 58.7 Å². The number of carbonyl (C=O) groups is 2. The van der Waals surface area contributed by atoms with Gasteiger partial charge in [0.05, 0.1) is 24.0 Å². The van der Waals surface area contributed by atoms with Crippen molar-refractivity contribution in [2.45, 2.75) is 49.3 Å². The Morgan fingerprint density at radius 3 is 1.60 bits per heavy atom. The summed E-state index contributed by atoms with van der Waals surface area (Å²) >= 11 is 0. The summed E-state index contributed by atoms with van der Waals surface area (Å²) in [5, 5.41) is 0. The predicted molar refractivity (Wildman–Crippen MR) is 121 cm³/mol. The molecule has 2 N–H and O–H groups in total. The van der Waals surface area contributed by atoms with E-state index in [0.717, 1.165) is 14.2 Å². The van der Waals surface area contributed by atoms with Crippen LogP contribution in [0, 0.1) is 6.07 Å². The number of hydrogen-bond acceptors (Lipinski definition) is 8. The molecule has 13 heteroatoms. The molecular weight excluding hydrogens is 511 g/mol. The van der Waals surface area contributed by atoms with Crippen molar-refractivity contribution in [3.05, 3.63) is 46.5 Å². The third kappa shape index (κ3) is 6.70. The molecule has 2 aromatic carbocycles. The molecule has 0 aliphatic carbocycles. The smallest absolute Gasteiger partial charge is 0.500 e. The quantitative estimate of drug-likeness (QED) is 0.195. The zero-order valence-corrected chi connectivity index (χ0v) is 23.7. The summed E-state index contributed by atoms with van der Waals surface area (Å²) in [6, 6.07) is 7.32. The van der Waals surface area contributed by atoms with E-state index in [9.17, 15) is 35.5 Å². The second-order valence-corrected chi connectivity index (χ2v) is 10.0. The van der Waals surface area contributed by atoms with Crippen LogP contribution in [0.15, 0.2) is 28.0 Å². The van der Waals surface area contributed by atoms with Crippen LogP contribution in [0.2, 0.25) is 0 Å². The Kier molecular flexibility index (Phi) is 11.1. The van der Waals surface area contributed by atoms with Crippen molar-refractivity contribution >= 4 is 32.2 Å². The van der Waals surface area contributed by atoms with Gasteiger partial charge in [-0.3, -0.25) is 18.7 Å². The molecule has 0 aromatic heterocycles. The van der Waals surface area contributed by atoms with Gasteiger partial charge >= 0.3 is 29.6 Å². The van der Waals surface area contributed by atoms with Crippen LogP contribution >= 0.6 is 0 Å². The van der Waals surface area contributed by atoms with Gasteiger partial charge < -0.3 is 9.47 Å². The Hall–Kier alpha value is -1.80. The zero-order valence-electron chi connectivity index (χ0n) is 20.0. The third-order valence-electron chi connectivity index (χ3n) is 4.98. The molecule has 0 saturated carbocycles. The van der Waals surface area contributed by atoms with Crippen molar-refractivity contribution < 1.29 is 74.6 Å². The first-order valence-corrected chi connectivity index (χ1v) is 13.1. The number of ether oxygens (including phenoxy) is 2. The molecule has 0 bridgehead atoms. The Morgan fingerprint density at radius 2 is 1.23 bits per heavy atom. The molecule has 0 atom stereocenters. The first-order valence-electron chi connectivity index (χ1n) is 10.2. The molecular formula is C22H25NaO10S2. The molecule has 0 amide bonds. The number of benzene rings is 2. The van der Waals surface area contributed by atoms with Crippen LogP contribution in [-0.2, 0) is 42.6 Å². The van der Waals surface area contributed by atoms with Crippen molar-refractivity contribution in [1.29, 1.82) is 0 Å². The molecule has 0 heterocycles. The van der Waals surface area contributed by atoms with Gasteiger partial charge in [0.25, 0.3) is 32.2 Å². The first-order chi connectivity index (χ1) is 15.8. The molecule has 0 aliphatic rings. The number of esters is 2. The SMILES string of the molecule is CCCc1cccc(CCC)c1-c1c(C(=O)OC)[c-]c(C(=O)OC)c(S(=O)(=O)O)c1S(=O)(=O)O.[Na+]. The molecule has 0 unspecified atom stereocenters. The van der Waals surface area contributed by atoms with Crippen LogP contribution in [0.4, 0.5) is 0 Å². The van der Waals surface area contributed by atoms with E-state index in [-0.39, 0.29) is 35.1 Å². The fourth-order valence-electron chi connectivity index (χ4n) is 3.75. The molecule has 35 heavy (non-hydrogen) atoms. The summed E-state index contributed by atoms with van der Waals surface area (Å²) in [5.74, 6) is -2.56. The fraction of sp³-hybridized carbons (Fsp3) is 0.364. The maximum absolute atomic E-state index is 12.8. The molecule has 0 aliphatic heterocycles. The normalized spacial score (nSPS) is 11.5. The third-order valence-corrected chi connectivity index (χ3v) is 6.96. The van der Waals surface area contributed by atoms with E-state index in [1.165, 1.54) is 0 Å². The minimum absolute atomic E-state index is 0. The van der Waals surface area contributed by atoms with Gasteiger partial charge in [-0.25, -0.2) is 8.42 Å². The fourth-order valence-corrected chi connectivity index (χ4v) is 5.91. The second-order valence-electron chi connectivity index (χ2n) is 7.29. The number of carbonyl (C=O) groups excluding carboxylic acids is 2. The minimum Gasteiger partial charge on any atom is -0.500 e. The van der Waals surface area contributed by atoms with E-state index in [1.807, 2.05) is 13.8 Å². The molecule has 0 fully saturated rings. The van der Waals surface area contributed by atoms with Crippen molar-refractivity contribution in [1.82, 2.24) is 0 Å². The van der Waals surface area contributed by atoms with E-state index in [0.29, 0.717) is 36.8 Å². The molecule has 2 rings (SSSR count). The Balaban J connectivity index is 0.00000612. The molecule has 0 spiro atoms. The van der Waals surface area contributed by atoms with Crippen molar-refractivity contribution in [2.24, 2.45) is 0 Å². The Bertz CT molecular complexity index is 1310. The number of hydrogen-bond donors (Lipinski definition) is 2. The van der Waals surface area contributed by atoms with E-state index in [2.05, 4.69) is 10.8 Å². The van der Waals surface area contributed by atoms with Crippen LogP contribution < -0.4 is 29.6 Å². The monoisotopic (exact) mass is 536 g/mol. The Labute approximate surface area is 226 Å². The Morgan fingerprint density at radius 1 is 0.800 bits per heavy atom. The predicted octanol–water partition coefficient (Wildman–Crippen LogP) is 0.129. The van der Waals surface area contributed by atoms with Gasteiger partial charge in [0, 0.05) is 0 Å². The zero-order chi connectivity index (χ0) is 25.8. The molecule has 0 saturated heterocycles. The summed E-state index contributed by atoms with van der Waals surface area (Å²) in [6.07, 6.45) is 2.01.